The monoisotopic (exact) mass is 383 g/mol. The van der Waals surface area contributed by atoms with E-state index in [1.807, 2.05) is 24.3 Å². The SMILES string of the molecule is O=C(N[C@@H](Cc1c[nH]c2ccccc12)C(=O)O)OCc1ccc([N+](=O)[O-])cc1. The van der Waals surface area contributed by atoms with Crippen molar-refractivity contribution >= 4 is 28.7 Å². The van der Waals surface area contributed by atoms with Crippen LogP contribution in [0, 0.1) is 10.1 Å². The summed E-state index contributed by atoms with van der Waals surface area (Å²) in [5.41, 5.74) is 2.11. The van der Waals surface area contributed by atoms with Gasteiger partial charge in [0.2, 0.25) is 0 Å². The first-order chi connectivity index (χ1) is 13.4. The van der Waals surface area contributed by atoms with Crippen LogP contribution in [0.3, 0.4) is 0 Å². The van der Waals surface area contributed by atoms with E-state index >= 15 is 0 Å². The van der Waals surface area contributed by atoms with E-state index in [0.29, 0.717) is 5.56 Å². The molecule has 0 unspecified atom stereocenters. The highest BCUT2D eigenvalue weighted by molar-refractivity contribution is 5.85. The summed E-state index contributed by atoms with van der Waals surface area (Å²) in [4.78, 5) is 36.7. The van der Waals surface area contributed by atoms with Crippen molar-refractivity contribution in [1.29, 1.82) is 0 Å². The van der Waals surface area contributed by atoms with Crippen molar-refractivity contribution < 1.29 is 24.4 Å². The van der Waals surface area contributed by atoms with Gasteiger partial charge in [-0.2, -0.15) is 0 Å². The van der Waals surface area contributed by atoms with Crippen LogP contribution in [-0.4, -0.2) is 33.1 Å². The summed E-state index contributed by atoms with van der Waals surface area (Å²) in [5.74, 6) is -1.18. The second-order valence-electron chi connectivity index (χ2n) is 6.10. The number of nitro groups is 1. The molecule has 0 bridgehead atoms. The van der Waals surface area contributed by atoms with Gasteiger partial charge in [-0.15, -0.1) is 0 Å². The van der Waals surface area contributed by atoms with Crippen LogP contribution in [0.4, 0.5) is 10.5 Å². The topological polar surface area (TPSA) is 135 Å². The van der Waals surface area contributed by atoms with Gasteiger partial charge in [0.1, 0.15) is 12.6 Å². The molecule has 0 spiro atoms. The van der Waals surface area contributed by atoms with E-state index in [4.69, 9.17) is 4.74 Å². The molecule has 1 amide bonds. The highest BCUT2D eigenvalue weighted by atomic mass is 16.6. The van der Waals surface area contributed by atoms with Crippen LogP contribution in [0.25, 0.3) is 10.9 Å². The van der Waals surface area contributed by atoms with Crippen molar-refractivity contribution in [2.45, 2.75) is 19.1 Å². The number of carbonyl (C=O) groups is 2. The fourth-order valence-corrected chi connectivity index (χ4v) is 2.77. The van der Waals surface area contributed by atoms with Gasteiger partial charge in [0.05, 0.1) is 4.92 Å². The van der Waals surface area contributed by atoms with Crippen LogP contribution in [0.2, 0.25) is 0 Å². The molecule has 0 aliphatic rings. The zero-order chi connectivity index (χ0) is 20.1. The molecule has 3 N–H and O–H groups in total. The molecule has 28 heavy (non-hydrogen) atoms. The predicted octanol–water partition coefficient (Wildman–Crippen LogP) is 3.00. The Morgan fingerprint density at radius 1 is 1.18 bits per heavy atom. The molecule has 0 fully saturated rings. The lowest BCUT2D eigenvalue weighted by Crippen LogP contribution is -2.42. The van der Waals surface area contributed by atoms with E-state index in [2.05, 4.69) is 10.3 Å². The Labute approximate surface area is 159 Å². The number of nitro benzene ring substituents is 1. The quantitative estimate of drug-likeness (QED) is 0.424. The molecule has 3 rings (SSSR count). The second-order valence-corrected chi connectivity index (χ2v) is 6.10. The number of rotatable bonds is 7. The molecule has 9 nitrogen and oxygen atoms in total. The Balaban J connectivity index is 1.60. The second kappa shape index (κ2) is 8.21. The van der Waals surface area contributed by atoms with Crippen molar-refractivity contribution in [2.75, 3.05) is 0 Å². The summed E-state index contributed by atoms with van der Waals surface area (Å²) in [7, 11) is 0. The van der Waals surface area contributed by atoms with E-state index in [1.165, 1.54) is 24.3 Å². The van der Waals surface area contributed by atoms with Crippen molar-refractivity contribution in [1.82, 2.24) is 10.3 Å². The third-order valence-corrected chi connectivity index (χ3v) is 4.21. The van der Waals surface area contributed by atoms with Crippen LogP contribution < -0.4 is 5.32 Å². The molecule has 1 atom stereocenters. The zero-order valence-corrected chi connectivity index (χ0v) is 14.6. The summed E-state index contributed by atoms with van der Waals surface area (Å²) in [5, 5.41) is 23.3. The third-order valence-electron chi connectivity index (χ3n) is 4.21. The number of hydrogen-bond donors (Lipinski definition) is 3. The van der Waals surface area contributed by atoms with Crippen LogP contribution in [-0.2, 0) is 22.6 Å². The van der Waals surface area contributed by atoms with Crippen LogP contribution >= 0.6 is 0 Å². The number of nitrogens with one attached hydrogen (secondary N) is 2. The van der Waals surface area contributed by atoms with Crippen molar-refractivity contribution in [3.05, 3.63) is 76.0 Å². The molecule has 0 aliphatic heterocycles. The van der Waals surface area contributed by atoms with E-state index < -0.39 is 23.0 Å². The van der Waals surface area contributed by atoms with E-state index in [0.717, 1.165) is 16.5 Å². The number of benzene rings is 2. The number of H-pyrrole nitrogens is 1. The van der Waals surface area contributed by atoms with Gasteiger partial charge in [-0.05, 0) is 29.3 Å². The van der Waals surface area contributed by atoms with Gasteiger partial charge >= 0.3 is 12.1 Å². The standard InChI is InChI=1S/C19H17N3O6/c23-18(24)17(9-13-10-20-16-4-2-1-3-15(13)16)21-19(25)28-11-12-5-7-14(8-6-12)22(26)27/h1-8,10,17,20H,9,11H2,(H,21,25)(H,23,24)/t17-/m0/s1. The molecule has 1 heterocycles. The molecule has 9 heteroatoms. The number of ether oxygens (including phenoxy) is 1. The maximum atomic E-state index is 12.0. The number of nitrogens with zero attached hydrogens (tertiary/aromatic N) is 1. The van der Waals surface area contributed by atoms with Crippen LogP contribution in [0.15, 0.2) is 54.7 Å². The van der Waals surface area contributed by atoms with Crippen molar-refractivity contribution in [3.8, 4) is 0 Å². The molecular weight excluding hydrogens is 366 g/mol. The third kappa shape index (κ3) is 4.44. The van der Waals surface area contributed by atoms with Gasteiger partial charge in [0.25, 0.3) is 5.69 Å². The molecule has 144 valence electrons. The van der Waals surface area contributed by atoms with Gasteiger partial charge in [-0.1, -0.05) is 18.2 Å². The summed E-state index contributed by atoms with van der Waals surface area (Å²) < 4.78 is 5.02. The lowest BCUT2D eigenvalue weighted by atomic mass is 10.1. The van der Waals surface area contributed by atoms with Crippen LogP contribution in [0.5, 0.6) is 0 Å². The molecule has 1 aromatic heterocycles. The molecule has 0 aliphatic carbocycles. The summed E-state index contributed by atoms with van der Waals surface area (Å²) in [6.45, 7) is -0.136. The number of aromatic amines is 1. The number of alkyl carbamates (subject to hydrolysis) is 1. The molecule has 0 radical (unpaired) electrons. The smallest absolute Gasteiger partial charge is 0.408 e. The lowest BCUT2D eigenvalue weighted by Gasteiger charge is -2.14. The number of carboxylic acids is 1. The van der Waals surface area contributed by atoms with Gasteiger partial charge < -0.3 is 20.1 Å². The number of carboxylic acid groups (broad SMARTS) is 1. The first-order valence-electron chi connectivity index (χ1n) is 8.38. The number of hydrogen-bond acceptors (Lipinski definition) is 5. The Bertz CT molecular complexity index is 1010. The highest BCUT2D eigenvalue weighted by Crippen LogP contribution is 2.19. The predicted molar refractivity (Wildman–Crippen MR) is 99.8 cm³/mol. The Hall–Kier alpha value is -3.88. The Kier molecular flexibility index (Phi) is 5.54. The number of carbonyl (C=O) groups excluding carboxylic acids is 1. The molecule has 0 saturated heterocycles. The minimum absolute atomic E-state index is 0.0714. The minimum Gasteiger partial charge on any atom is -0.480 e. The first-order valence-corrected chi connectivity index (χ1v) is 8.38. The van der Waals surface area contributed by atoms with E-state index in [1.54, 1.807) is 6.20 Å². The largest absolute Gasteiger partial charge is 0.480 e. The maximum Gasteiger partial charge on any atom is 0.408 e. The normalized spacial score (nSPS) is 11.7. The minimum atomic E-state index is -1.18. The number of amides is 1. The van der Waals surface area contributed by atoms with E-state index in [-0.39, 0.29) is 18.7 Å². The summed E-state index contributed by atoms with van der Waals surface area (Å²) in [6.07, 6.45) is 0.918. The summed E-state index contributed by atoms with van der Waals surface area (Å²) >= 11 is 0. The average molecular weight is 383 g/mol. The number of non-ortho nitro benzene ring substituents is 1. The number of fused-ring (bicyclic) bond motifs is 1. The average Bonchev–Trinajstić information content (AvgIpc) is 3.09. The fourth-order valence-electron chi connectivity index (χ4n) is 2.77. The number of aliphatic carboxylic acids is 1. The lowest BCUT2D eigenvalue weighted by molar-refractivity contribution is -0.384. The van der Waals surface area contributed by atoms with Gasteiger partial charge in [0, 0.05) is 35.7 Å². The Morgan fingerprint density at radius 2 is 1.89 bits per heavy atom. The molecule has 3 aromatic rings. The fraction of sp³-hybridized carbons (Fsp3) is 0.158. The van der Waals surface area contributed by atoms with Crippen molar-refractivity contribution in [2.24, 2.45) is 0 Å². The van der Waals surface area contributed by atoms with Crippen LogP contribution in [0.1, 0.15) is 11.1 Å². The van der Waals surface area contributed by atoms with Crippen molar-refractivity contribution in [3.63, 3.8) is 0 Å². The first kappa shape index (κ1) is 18.9. The highest BCUT2D eigenvalue weighted by Gasteiger charge is 2.22. The van der Waals surface area contributed by atoms with Gasteiger partial charge in [-0.25, -0.2) is 9.59 Å². The molecular formula is C19H17N3O6. The summed E-state index contributed by atoms with van der Waals surface area (Å²) in [6, 6.07) is 11.8. The number of aromatic nitrogens is 1. The van der Waals surface area contributed by atoms with Gasteiger partial charge in [0.15, 0.2) is 0 Å². The maximum absolute atomic E-state index is 12.0. The Morgan fingerprint density at radius 3 is 2.57 bits per heavy atom. The molecule has 2 aromatic carbocycles. The number of para-hydroxylation sites is 1. The zero-order valence-electron chi connectivity index (χ0n) is 14.6. The van der Waals surface area contributed by atoms with E-state index in [9.17, 15) is 24.8 Å². The van der Waals surface area contributed by atoms with Gasteiger partial charge in [-0.3, -0.25) is 10.1 Å². The molecule has 0 saturated carbocycles.